The average Bonchev–Trinajstić information content (AvgIpc) is 2.77. The first-order valence-corrected chi connectivity index (χ1v) is 6.70. The maximum atomic E-state index is 5.09. The van der Waals surface area contributed by atoms with E-state index in [2.05, 4.69) is 29.4 Å². The zero-order valence-electron chi connectivity index (χ0n) is 11.9. The molecule has 0 spiro atoms. The van der Waals surface area contributed by atoms with Crippen molar-refractivity contribution in [3.05, 3.63) is 41.2 Å². The predicted octanol–water partition coefficient (Wildman–Crippen LogP) is 2.85. The quantitative estimate of drug-likeness (QED) is 0.749. The second-order valence-electron chi connectivity index (χ2n) is 4.77. The number of benzene rings is 1. The molecule has 0 N–H and O–H groups in total. The average molecular weight is 259 g/mol. The minimum atomic E-state index is 0.810. The molecule has 1 aromatic heterocycles. The topological polar surface area (TPSA) is 39.9 Å². The number of hydrogen-bond acceptors (Lipinski definition) is 3. The van der Waals surface area contributed by atoms with E-state index < -0.39 is 0 Å². The van der Waals surface area contributed by atoms with Crippen LogP contribution in [0.4, 0.5) is 0 Å². The fraction of sp³-hybridized carbons (Fsp3) is 0.467. The molecular weight excluding hydrogens is 238 g/mol. The van der Waals surface area contributed by atoms with Crippen molar-refractivity contribution in [2.75, 3.05) is 13.7 Å². The van der Waals surface area contributed by atoms with Crippen LogP contribution in [0.25, 0.3) is 5.69 Å². The van der Waals surface area contributed by atoms with E-state index in [9.17, 15) is 0 Å². The molecule has 1 heterocycles. The van der Waals surface area contributed by atoms with Crippen LogP contribution >= 0.6 is 0 Å². The standard InChI is InChI=1S/C15H21N3O/c1-12-8-4-5-9-14(12)18-15(13(2)16-17-18)10-6-7-11-19-3/h4-5,8-9H,6-7,10-11H2,1-3H3. The Bertz CT molecular complexity index is 534. The van der Waals surface area contributed by atoms with Gasteiger partial charge in [-0.3, -0.25) is 0 Å². The lowest BCUT2D eigenvalue weighted by atomic mass is 10.1. The summed E-state index contributed by atoms with van der Waals surface area (Å²) < 4.78 is 7.06. The highest BCUT2D eigenvalue weighted by molar-refractivity contribution is 5.40. The minimum absolute atomic E-state index is 0.810. The highest BCUT2D eigenvalue weighted by Gasteiger charge is 2.11. The molecule has 0 fully saturated rings. The van der Waals surface area contributed by atoms with Crippen LogP contribution < -0.4 is 0 Å². The largest absolute Gasteiger partial charge is 0.385 e. The normalized spacial score (nSPS) is 10.9. The van der Waals surface area contributed by atoms with E-state index in [-0.39, 0.29) is 0 Å². The van der Waals surface area contributed by atoms with E-state index in [1.165, 1.54) is 11.3 Å². The molecule has 4 nitrogen and oxygen atoms in total. The molecule has 19 heavy (non-hydrogen) atoms. The zero-order valence-corrected chi connectivity index (χ0v) is 11.9. The van der Waals surface area contributed by atoms with Gasteiger partial charge in [0.25, 0.3) is 0 Å². The highest BCUT2D eigenvalue weighted by Crippen LogP contribution is 2.17. The van der Waals surface area contributed by atoms with E-state index in [0.29, 0.717) is 0 Å². The first-order chi connectivity index (χ1) is 9.24. The van der Waals surface area contributed by atoms with Crippen molar-refractivity contribution in [2.24, 2.45) is 0 Å². The molecule has 0 amide bonds. The Morgan fingerprint density at radius 1 is 1.16 bits per heavy atom. The summed E-state index contributed by atoms with van der Waals surface area (Å²) in [6.07, 6.45) is 3.14. The molecule has 0 saturated carbocycles. The number of unbranched alkanes of at least 4 members (excludes halogenated alkanes) is 1. The van der Waals surface area contributed by atoms with Crippen molar-refractivity contribution in [1.82, 2.24) is 15.0 Å². The van der Waals surface area contributed by atoms with Crippen molar-refractivity contribution >= 4 is 0 Å². The SMILES string of the molecule is COCCCCc1c(C)nnn1-c1ccccc1C. The van der Waals surface area contributed by atoms with Gasteiger partial charge in [0, 0.05) is 13.7 Å². The molecule has 0 atom stereocenters. The Kier molecular flexibility index (Phi) is 4.68. The summed E-state index contributed by atoms with van der Waals surface area (Å²) in [5.41, 5.74) is 4.54. The number of hydrogen-bond donors (Lipinski definition) is 0. The molecular formula is C15H21N3O. The molecule has 0 bridgehead atoms. The summed E-state index contributed by atoms with van der Waals surface area (Å²) in [4.78, 5) is 0. The molecule has 102 valence electrons. The Labute approximate surface area is 114 Å². The zero-order chi connectivity index (χ0) is 13.7. The lowest BCUT2D eigenvalue weighted by Crippen LogP contribution is -2.05. The van der Waals surface area contributed by atoms with Crippen LogP contribution in [0.3, 0.4) is 0 Å². The fourth-order valence-corrected chi connectivity index (χ4v) is 2.20. The maximum Gasteiger partial charge on any atom is 0.0833 e. The lowest BCUT2D eigenvalue weighted by Gasteiger charge is -2.09. The van der Waals surface area contributed by atoms with Gasteiger partial charge >= 0.3 is 0 Å². The van der Waals surface area contributed by atoms with Gasteiger partial charge in [0.05, 0.1) is 17.1 Å². The highest BCUT2D eigenvalue weighted by atomic mass is 16.5. The number of nitrogens with zero attached hydrogens (tertiary/aromatic N) is 3. The van der Waals surface area contributed by atoms with Crippen molar-refractivity contribution in [1.29, 1.82) is 0 Å². The van der Waals surface area contributed by atoms with Crippen LogP contribution in [-0.2, 0) is 11.2 Å². The van der Waals surface area contributed by atoms with Crippen LogP contribution in [0.15, 0.2) is 24.3 Å². The number of rotatable bonds is 6. The fourth-order valence-electron chi connectivity index (χ4n) is 2.20. The maximum absolute atomic E-state index is 5.09. The van der Waals surface area contributed by atoms with Crippen molar-refractivity contribution in [2.45, 2.75) is 33.1 Å². The van der Waals surface area contributed by atoms with Gasteiger partial charge in [0.2, 0.25) is 0 Å². The van der Waals surface area contributed by atoms with E-state index >= 15 is 0 Å². The van der Waals surface area contributed by atoms with Gasteiger partial charge in [-0.25, -0.2) is 4.68 Å². The monoisotopic (exact) mass is 259 g/mol. The summed E-state index contributed by atoms with van der Waals surface area (Å²) in [5.74, 6) is 0. The van der Waals surface area contributed by atoms with Crippen LogP contribution in [-0.4, -0.2) is 28.7 Å². The molecule has 0 saturated heterocycles. The van der Waals surface area contributed by atoms with Gasteiger partial charge in [0.1, 0.15) is 0 Å². The number of para-hydroxylation sites is 1. The number of methoxy groups -OCH3 is 1. The smallest absolute Gasteiger partial charge is 0.0833 e. The van der Waals surface area contributed by atoms with Gasteiger partial charge in [-0.1, -0.05) is 23.4 Å². The van der Waals surface area contributed by atoms with Crippen LogP contribution in [0.1, 0.15) is 29.8 Å². The Morgan fingerprint density at radius 3 is 2.68 bits per heavy atom. The third kappa shape index (κ3) is 3.20. The molecule has 4 heteroatoms. The van der Waals surface area contributed by atoms with Gasteiger partial charge in [0.15, 0.2) is 0 Å². The van der Waals surface area contributed by atoms with Gasteiger partial charge < -0.3 is 4.74 Å². The first kappa shape index (κ1) is 13.7. The number of ether oxygens (including phenoxy) is 1. The summed E-state index contributed by atoms with van der Waals surface area (Å²) in [5, 5.41) is 8.50. The number of aromatic nitrogens is 3. The summed E-state index contributed by atoms with van der Waals surface area (Å²) >= 11 is 0. The minimum Gasteiger partial charge on any atom is -0.385 e. The molecule has 0 aliphatic rings. The summed E-state index contributed by atoms with van der Waals surface area (Å²) in [6.45, 7) is 4.93. The molecule has 0 aliphatic heterocycles. The third-order valence-electron chi connectivity index (χ3n) is 3.31. The molecule has 2 aromatic rings. The molecule has 0 aliphatic carbocycles. The second kappa shape index (κ2) is 6.48. The predicted molar refractivity (Wildman–Crippen MR) is 75.6 cm³/mol. The molecule has 2 rings (SSSR count). The Hall–Kier alpha value is -1.68. The summed E-state index contributed by atoms with van der Waals surface area (Å²) in [6, 6.07) is 8.26. The molecule has 0 unspecified atom stereocenters. The van der Waals surface area contributed by atoms with Gasteiger partial charge in [-0.05, 0) is 44.7 Å². The molecule has 0 radical (unpaired) electrons. The van der Waals surface area contributed by atoms with Crippen LogP contribution in [0.5, 0.6) is 0 Å². The lowest BCUT2D eigenvalue weighted by molar-refractivity contribution is 0.193. The molecule has 1 aromatic carbocycles. The van der Waals surface area contributed by atoms with E-state index in [1.807, 2.05) is 23.7 Å². The van der Waals surface area contributed by atoms with Crippen LogP contribution in [0.2, 0.25) is 0 Å². The van der Waals surface area contributed by atoms with E-state index in [0.717, 1.165) is 37.3 Å². The van der Waals surface area contributed by atoms with Gasteiger partial charge in [-0.2, -0.15) is 0 Å². The van der Waals surface area contributed by atoms with E-state index in [1.54, 1.807) is 7.11 Å². The van der Waals surface area contributed by atoms with Gasteiger partial charge in [-0.15, -0.1) is 5.10 Å². The Morgan fingerprint density at radius 2 is 1.95 bits per heavy atom. The van der Waals surface area contributed by atoms with Crippen molar-refractivity contribution in [3.63, 3.8) is 0 Å². The van der Waals surface area contributed by atoms with Crippen LogP contribution in [0, 0.1) is 13.8 Å². The Balaban J connectivity index is 2.20. The third-order valence-corrected chi connectivity index (χ3v) is 3.31. The number of aryl methyl sites for hydroxylation is 2. The summed E-state index contributed by atoms with van der Waals surface area (Å²) in [7, 11) is 1.74. The van der Waals surface area contributed by atoms with Crippen molar-refractivity contribution < 1.29 is 4.74 Å². The first-order valence-electron chi connectivity index (χ1n) is 6.70. The second-order valence-corrected chi connectivity index (χ2v) is 4.77. The van der Waals surface area contributed by atoms with Crippen molar-refractivity contribution in [3.8, 4) is 5.69 Å². The van der Waals surface area contributed by atoms with E-state index in [4.69, 9.17) is 4.74 Å².